The molecule has 18 heavy (non-hydrogen) atoms. The second kappa shape index (κ2) is 4.57. The highest BCUT2D eigenvalue weighted by Crippen LogP contribution is 2.22. The zero-order chi connectivity index (χ0) is 13.4. The molecule has 0 amide bonds. The summed E-state index contributed by atoms with van der Waals surface area (Å²) in [5, 5.41) is 18.4. The zero-order valence-corrected chi connectivity index (χ0v) is 11.7. The molecule has 0 aromatic carbocycles. The first-order chi connectivity index (χ1) is 8.51. The summed E-state index contributed by atoms with van der Waals surface area (Å²) in [7, 11) is 1.88. The van der Waals surface area contributed by atoms with E-state index < -0.39 is 0 Å². The maximum atomic E-state index is 9.50. The first-order valence-electron chi connectivity index (χ1n) is 6.20. The van der Waals surface area contributed by atoms with Gasteiger partial charge in [-0.3, -0.25) is 4.68 Å². The molecular formula is C13H20N4O. The van der Waals surface area contributed by atoms with Crippen molar-refractivity contribution in [2.45, 2.75) is 40.7 Å². The van der Waals surface area contributed by atoms with Gasteiger partial charge < -0.3 is 5.11 Å². The number of aromatic nitrogens is 4. The highest BCUT2D eigenvalue weighted by atomic mass is 16.3. The highest BCUT2D eigenvalue weighted by Gasteiger charge is 2.19. The fourth-order valence-corrected chi connectivity index (χ4v) is 2.53. The van der Waals surface area contributed by atoms with Crippen molar-refractivity contribution >= 4 is 0 Å². The van der Waals surface area contributed by atoms with Gasteiger partial charge in [-0.1, -0.05) is 6.92 Å². The Balaban J connectivity index is 2.69. The second-order valence-electron chi connectivity index (χ2n) is 4.58. The molecule has 2 heterocycles. The van der Waals surface area contributed by atoms with Crippen LogP contribution in [-0.2, 0) is 20.1 Å². The van der Waals surface area contributed by atoms with Crippen molar-refractivity contribution in [1.29, 1.82) is 0 Å². The van der Waals surface area contributed by atoms with E-state index in [9.17, 15) is 5.11 Å². The third-order valence-electron chi connectivity index (χ3n) is 3.47. The number of aryl methyl sites for hydroxylation is 3. The van der Waals surface area contributed by atoms with Gasteiger partial charge in [-0.2, -0.15) is 10.2 Å². The van der Waals surface area contributed by atoms with Crippen molar-refractivity contribution in [3.8, 4) is 5.82 Å². The highest BCUT2D eigenvalue weighted by molar-refractivity contribution is 5.40. The van der Waals surface area contributed by atoms with Crippen LogP contribution in [0.15, 0.2) is 0 Å². The van der Waals surface area contributed by atoms with Gasteiger partial charge in [0.25, 0.3) is 0 Å². The molecule has 0 aliphatic heterocycles. The van der Waals surface area contributed by atoms with Gasteiger partial charge in [0.1, 0.15) is 0 Å². The van der Waals surface area contributed by atoms with Crippen LogP contribution >= 0.6 is 0 Å². The van der Waals surface area contributed by atoms with E-state index >= 15 is 0 Å². The Bertz CT molecular complexity index is 580. The first kappa shape index (κ1) is 12.8. The fraction of sp³-hybridized carbons (Fsp3) is 0.538. The third kappa shape index (κ3) is 1.75. The number of aliphatic hydroxyl groups is 1. The van der Waals surface area contributed by atoms with E-state index in [1.165, 1.54) is 5.56 Å². The van der Waals surface area contributed by atoms with Crippen molar-refractivity contribution in [2.24, 2.45) is 7.05 Å². The Morgan fingerprint density at radius 2 is 1.67 bits per heavy atom. The maximum absolute atomic E-state index is 9.50. The minimum atomic E-state index is -0.0190. The molecule has 0 bridgehead atoms. The Labute approximate surface area is 107 Å². The van der Waals surface area contributed by atoms with E-state index in [2.05, 4.69) is 24.0 Å². The largest absolute Gasteiger partial charge is 0.391 e. The summed E-state index contributed by atoms with van der Waals surface area (Å²) in [6.45, 7) is 8.09. The summed E-state index contributed by atoms with van der Waals surface area (Å²) in [6, 6.07) is 0. The quantitative estimate of drug-likeness (QED) is 0.897. The molecular weight excluding hydrogens is 228 g/mol. The summed E-state index contributed by atoms with van der Waals surface area (Å²) in [5.41, 5.74) is 5.11. The molecule has 2 aromatic heterocycles. The van der Waals surface area contributed by atoms with Gasteiger partial charge in [-0.15, -0.1) is 0 Å². The summed E-state index contributed by atoms with van der Waals surface area (Å²) < 4.78 is 3.67. The predicted molar refractivity (Wildman–Crippen MR) is 69.8 cm³/mol. The number of aliphatic hydroxyl groups excluding tert-OH is 1. The maximum Gasteiger partial charge on any atom is 0.157 e. The third-order valence-corrected chi connectivity index (χ3v) is 3.47. The topological polar surface area (TPSA) is 55.9 Å². The molecule has 98 valence electrons. The Kier molecular flexibility index (Phi) is 3.26. The van der Waals surface area contributed by atoms with Crippen molar-refractivity contribution in [3.63, 3.8) is 0 Å². The van der Waals surface area contributed by atoms with E-state index in [1.54, 1.807) is 4.68 Å². The molecule has 0 aliphatic rings. The van der Waals surface area contributed by atoms with Crippen LogP contribution in [0.3, 0.4) is 0 Å². The van der Waals surface area contributed by atoms with Gasteiger partial charge in [0, 0.05) is 18.3 Å². The van der Waals surface area contributed by atoms with Crippen LogP contribution < -0.4 is 0 Å². The molecule has 0 saturated heterocycles. The smallest absolute Gasteiger partial charge is 0.157 e. The lowest BCUT2D eigenvalue weighted by Gasteiger charge is -2.07. The number of hydrogen-bond acceptors (Lipinski definition) is 3. The summed E-state index contributed by atoms with van der Waals surface area (Å²) in [5.74, 6) is 0.857. The van der Waals surface area contributed by atoms with Crippen LogP contribution in [0.4, 0.5) is 0 Å². The van der Waals surface area contributed by atoms with Crippen molar-refractivity contribution in [2.75, 3.05) is 0 Å². The molecule has 0 unspecified atom stereocenters. The molecule has 0 aliphatic carbocycles. The molecule has 0 spiro atoms. The van der Waals surface area contributed by atoms with E-state index in [0.717, 1.165) is 34.9 Å². The molecule has 1 N–H and O–H groups in total. The predicted octanol–water partition coefficient (Wildman–Crippen LogP) is 1.59. The first-order valence-corrected chi connectivity index (χ1v) is 6.20. The van der Waals surface area contributed by atoms with Gasteiger partial charge in [0.2, 0.25) is 0 Å². The van der Waals surface area contributed by atoms with Gasteiger partial charge in [0.05, 0.1) is 18.0 Å². The number of hydrogen-bond donors (Lipinski definition) is 1. The Morgan fingerprint density at radius 3 is 2.17 bits per heavy atom. The summed E-state index contributed by atoms with van der Waals surface area (Å²) >= 11 is 0. The zero-order valence-electron chi connectivity index (χ0n) is 11.7. The van der Waals surface area contributed by atoms with Crippen molar-refractivity contribution in [3.05, 3.63) is 28.2 Å². The van der Waals surface area contributed by atoms with Crippen molar-refractivity contribution in [1.82, 2.24) is 19.6 Å². The lowest BCUT2D eigenvalue weighted by atomic mass is 10.1. The van der Waals surface area contributed by atoms with Crippen LogP contribution in [0.2, 0.25) is 0 Å². The monoisotopic (exact) mass is 248 g/mol. The molecule has 0 radical (unpaired) electrons. The average Bonchev–Trinajstić information content (AvgIpc) is 2.75. The van der Waals surface area contributed by atoms with Gasteiger partial charge in [-0.25, -0.2) is 4.68 Å². The summed E-state index contributed by atoms with van der Waals surface area (Å²) in [4.78, 5) is 0. The SMILES string of the molecule is CCc1c(C)nn(-c2c(CO)c(C)nn2C)c1C. The normalized spacial score (nSPS) is 11.2. The molecule has 0 atom stereocenters. The van der Waals surface area contributed by atoms with E-state index in [-0.39, 0.29) is 6.61 Å². The molecule has 2 rings (SSSR count). The fourth-order valence-electron chi connectivity index (χ4n) is 2.53. The van der Waals surface area contributed by atoms with Crippen LogP contribution in [-0.4, -0.2) is 24.7 Å². The van der Waals surface area contributed by atoms with Crippen LogP contribution in [0, 0.1) is 20.8 Å². The second-order valence-corrected chi connectivity index (χ2v) is 4.58. The van der Waals surface area contributed by atoms with Gasteiger partial charge in [-0.05, 0) is 32.8 Å². The Morgan fingerprint density at radius 1 is 1.06 bits per heavy atom. The molecule has 0 saturated carbocycles. The lowest BCUT2D eigenvalue weighted by Crippen LogP contribution is -2.08. The van der Waals surface area contributed by atoms with Crippen LogP contribution in [0.25, 0.3) is 5.82 Å². The van der Waals surface area contributed by atoms with Gasteiger partial charge in [0.15, 0.2) is 5.82 Å². The molecule has 0 fully saturated rings. The molecule has 5 nitrogen and oxygen atoms in total. The lowest BCUT2D eigenvalue weighted by molar-refractivity contribution is 0.280. The Hall–Kier alpha value is -1.62. The molecule has 5 heteroatoms. The number of nitrogens with zero attached hydrogens (tertiary/aromatic N) is 4. The minimum Gasteiger partial charge on any atom is -0.391 e. The minimum absolute atomic E-state index is 0.0190. The average molecular weight is 248 g/mol. The standard InChI is InChI=1S/C13H20N4O/c1-6-11-8(2)15-17(10(11)4)13-12(7-18)9(3)14-16(13)5/h18H,6-7H2,1-5H3. The molecule has 2 aromatic rings. The van der Waals surface area contributed by atoms with Crippen LogP contribution in [0.1, 0.15) is 35.1 Å². The summed E-state index contributed by atoms with van der Waals surface area (Å²) in [6.07, 6.45) is 0.961. The van der Waals surface area contributed by atoms with E-state index in [0.29, 0.717) is 0 Å². The number of rotatable bonds is 3. The van der Waals surface area contributed by atoms with Crippen molar-refractivity contribution < 1.29 is 5.11 Å². The van der Waals surface area contributed by atoms with Crippen LogP contribution in [0.5, 0.6) is 0 Å². The van der Waals surface area contributed by atoms with E-state index in [1.807, 2.05) is 25.6 Å². The van der Waals surface area contributed by atoms with Gasteiger partial charge >= 0.3 is 0 Å². The van der Waals surface area contributed by atoms with E-state index in [4.69, 9.17) is 0 Å².